The molecule has 98 valence electrons. The highest BCUT2D eigenvalue weighted by atomic mass is 16.5. The molecule has 2 unspecified atom stereocenters. The highest BCUT2D eigenvalue weighted by Gasteiger charge is 2.30. The van der Waals surface area contributed by atoms with E-state index in [0.717, 1.165) is 12.8 Å². The Morgan fingerprint density at radius 2 is 2.17 bits per heavy atom. The SMILES string of the molecule is COC1CCN(C(=O)c2ccccc2O)C(C)C1. The second-order valence-electron chi connectivity index (χ2n) is 4.75. The molecule has 1 aliphatic heterocycles. The number of hydrogen-bond donors (Lipinski definition) is 1. The number of aromatic hydroxyl groups is 1. The van der Waals surface area contributed by atoms with Gasteiger partial charge in [-0.25, -0.2) is 0 Å². The fraction of sp³-hybridized carbons (Fsp3) is 0.500. The second kappa shape index (κ2) is 5.40. The van der Waals surface area contributed by atoms with Gasteiger partial charge in [0.1, 0.15) is 5.75 Å². The first-order valence-corrected chi connectivity index (χ1v) is 6.25. The van der Waals surface area contributed by atoms with Gasteiger partial charge in [-0.05, 0) is 31.9 Å². The number of carbonyl (C=O) groups excluding carboxylic acids is 1. The molecule has 0 radical (unpaired) electrons. The van der Waals surface area contributed by atoms with Crippen LogP contribution >= 0.6 is 0 Å². The first-order valence-electron chi connectivity index (χ1n) is 6.25. The summed E-state index contributed by atoms with van der Waals surface area (Å²) in [5.41, 5.74) is 0.375. The van der Waals surface area contributed by atoms with Crippen LogP contribution < -0.4 is 0 Å². The Morgan fingerprint density at radius 3 is 2.78 bits per heavy atom. The van der Waals surface area contributed by atoms with Crippen LogP contribution in [0.5, 0.6) is 5.75 Å². The first kappa shape index (κ1) is 12.9. The number of carbonyl (C=O) groups is 1. The van der Waals surface area contributed by atoms with Gasteiger partial charge in [-0.3, -0.25) is 4.79 Å². The van der Waals surface area contributed by atoms with Crippen LogP contribution in [0.2, 0.25) is 0 Å². The lowest BCUT2D eigenvalue weighted by Gasteiger charge is -2.37. The van der Waals surface area contributed by atoms with Gasteiger partial charge in [0, 0.05) is 19.7 Å². The molecule has 4 heteroatoms. The Kier molecular flexibility index (Phi) is 3.87. The number of phenolic OH excluding ortho intramolecular Hbond substituents is 1. The predicted molar refractivity (Wildman–Crippen MR) is 68.6 cm³/mol. The van der Waals surface area contributed by atoms with E-state index in [-0.39, 0.29) is 23.8 Å². The third-order valence-electron chi connectivity index (χ3n) is 3.56. The van der Waals surface area contributed by atoms with Crippen LogP contribution in [0.15, 0.2) is 24.3 Å². The van der Waals surface area contributed by atoms with Gasteiger partial charge in [-0.2, -0.15) is 0 Å². The van der Waals surface area contributed by atoms with Crippen molar-refractivity contribution >= 4 is 5.91 Å². The van der Waals surface area contributed by atoms with Gasteiger partial charge in [0.25, 0.3) is 5.91 Å². The number of rotatable bonds is 2. The van der Waals surface area contributed by atoms with Gasteiger partial charge in [0.2, 0.25) is 0 Å². The van der Waals surface area contributed by atoms with Crippen LogP contribution in [0.1, 0.15) is 30.1 Å². The van der Waals surface area contributed by atoms with E-state index in [2.05, 4.69) is 0 Å². The number of ether oxygens (including phenoxy) is 1. The van der Waals surface area contributed by atoms with Gasteiger partial charge in [0.05, 0.1) is 11.7 Å². The maximum absolute atomic E-state index is 12.4. The monoisotopic (exact) mass is 249 g/mol. The van der Waals surface area contributed by atoms with Crippen LogP contribution in [0.4, 0.5) is 0 Å². The molecular formula is C14H19NO3. The average molecular weight is 249 g/mol. The molecule has 0 aromatic heterocycles. The third-order valence-corrected chi connectivity index (χ3v) is 3.56. The van der Waals surface area contributed by atoms with Gasteiger partial charge in [-0.15, -0.1) is 0 Å². The minimum absolute atomic E-state index is 0.0450. The summed E-state index contributed by atoms with van der Waals surface area (Å²) in [5, 5.41) is 9.72. The minimum Gasteiger partial charge on any atom is -0.507 e. The summed E-state index contributed by atoms with van der Waals surface area (Å²) in [7, 11) is 1.71. The van der Waals surface area contributed by atoms with Crippen LogP contribution in [-0.2, 0) is 4.74 Å². The molecule has 1 fully saturated rings. The molecule has 1 aromatic carbocycles. The van der Waals surface area contributed by atoms with Crippen molar-refractivity contribution in [3.05, 3.63) is 29.8 Å². The zero-order chi connectivity index (χ0) is 13.1. The molecule has 0 saturated carbocycles. The van der Waals surface area contributed by atoms with Crippen molar-refractivity contribution in [2.24, 2.45) is 0 Å². The van der Waals surface area contributed by atoms with Crippen molar-refractivity contribution in [1.29, 1.82) is 0 Å². The first-order chi connectivity index (χ1) is 8.63. The second-order valence-corrected chi connectivity index (χ2v) is 4.75. The van der Waals surface area contributed by atoms with E-state index in [1.807, 2.05) is 11.8 Å². The molecule has 0 spiro atoms. The fourth-order valence-electron chi connectivity index (χ4n) is 2.45. The van der Waals surface area contributed by atoms with E-state index in [4.69, 9.17) is 4.74 Å². The number of likely N-dealkylation sites (tertiary alicyclic amines) is 1. The van der Waals surface area contributed by atoms with Gasteiger partial charge in [-0.1, -0.05) is 12.1 Å². The molecule has 1 saturated heterocycles. The van der Waals surface area contributed by atoms with Gasteiger partial charge in [0.15, 0.2) is 0 Å². The number of amides is 1. The van der Waals surface area contributed by atoms with Crippen LogP contribution in [0, 0.1) is 0 Å². The molecule has 1 aliphatic rings. The van der Waals surface area contributed by atoms with Crippen molar-refractivity contribution in [1.82, 2.24) is 4.90 Å². The molecule has 1 aromatic rings. The third kappa shape index (κ3) is 2.48. The standard InChI is InChI=1S/C14H19NO3/c1-10-9-11(18-2)7-8-15(10)14(17)12-5-3-4-6-13(12)16/h3-6,10-11,16H,7-9H2,1-2H3. The highest BCUT2D eigenvalue weighted by molar-refractivity contribution is 5.97. The Hall–Kier alpha value is -1.55. The highest BCUT2D eigenvalue weighted by Crippen LogP contribution is 2.24. The number of para-hydroxylation sites is 1. The van der Waals surface area contributed by atoms with Gasteiger partial charge < -0.3 is 14.7 Å². The number of benzene rings is 1. The number of methoxy groups -OCH3 is 1. The number of phenols is 1. The van der Waals surface area contributed by atoms with E-state index >= 15 is 0 Å². The molecule has 4 nitrogen and oxygen atoms in total. The minimum atomic E-state index is -0.102. The number of nitrogens with zero attached hydrogens (tertiary/aromatic N) is 1. The molecule has 0 bridgehead atoms. The molecule has 1 N–H and O–H groups in total. The fourth-order valence-corrected chi connectivity index (χ4v) is 2.45. The molecule has 1 heterocycles. The van der Waals surface area contributed by atoms with Crippen LogP contribution in [-0.4, -0.2) is 41.7 Å². The Balaban J connectivity index is 2.13. The zero-order valence-corrected chi connectivity index (χ0v) is 10.8. The molecular weight excluding hydrogens is 230 g/mol. The molecule has 18 heavy (non-hydrogen) atoms. The maximum atomic E-state index is 12.4. The van der Waals surface area contributed by atoms with Crippen LogP contribution in [0.25, 0.3) is 0 Å². The summed E-state index contributed by atoms with van der Waals surface area (Å²) < 4.78 is 5.33. The van der Waals surface area contributed by atoms with Crippen molar-refractivity contribution < 1.29 is 14.6 Å². The van der Waals surface area contributed by atoms with Crippen molar-refractivity contribution in [3.8, 4) is 5.75 Å². The summed E-state index contributed by atoms with van der Waals surface area (Å²) >= 11 is 0. The largest absolute Gasteiger partial charge is 0.507 e. The van der Waals surface area contributed by atoms with E-state index in [1.54, 1.807) is 31.4 Å². The van der Waals surface area contributed by atoms with Crippen molar-refractivity contribution in [3.63, 3.8) is 0 Å². The lowest BCUT2D eigenvalue weighted by molar-refractivity contribution is 0.0159. The van der Waals surface area contributed by atoms with E-state index in [1.165, 1.54) is 0 Å². The van der Waals surface area contributed by atoms with Crippen molar-refractivity contribution in [2.75, 3.05) is 13.7 Å². The van der Waals surface area contributed by atoms with E-state index < -0.39 is 0 Å². The number of hydrogen-bond acceptors (Lipinski definition) is 3. The normalized spacial score (nSPS) is 24.0. The average Bonchev–Trinajstić information content (AvgIpc) is 2.38. The smallest absolute Gasteiger partial charge is 0.257 e. The zero-order valence-electron chi connectivity index (χ0n) is 10.8. The number of piperidine rings is 1. The maximum Gasteiger partial charge on any atom is 0.257 e. The van der Waals surface area contributed by atoms with Crippen molar-refractivity contribution in [2.45, 2.75) is 31.9 Å². The summed E-state index contributed by atoms with van der Waals surface area (Å²) in [4.78, 5) is 14.2. The quantitative estimate of drug-likeness (QED) is 0.872. The Bertz CT molecular complexity index is 433. The molecule has 2 rings (SSSR count). The summed E-state index contributed by atoms with van der Waals surface area (Å²) in [6, 6.07) is 6.81. The van der Waals surface area contributed by atoms with E-state index in [0.29, 0.717) is 12.1 Å². The molecule has 0 aliphatic carbocycles. The topological polar surface area (TPSA) is 49.8 Å². The lowest BCUT2D eigenvalue weighted by Crippen LogP contribution is -2.46. The summed E-state index contributed by atoms with van der Waals surface area (Å²) in [6.07, 6.45) is 1.92. The summed E-state index contributed by atoms with van der Waals surface area (Å²) in [6.45, 7) is 2.69. The molecule has 2 atom stereocenters. The molecule has 1 amide bonds. The predicted octanol–water partition coefficient (Wildman–Crippen LogP) is 2.03. The van der Waals surface area contributed by atoms with E-state index in [9.17, 15) is 9.90 Å². The summed E-state index contributed by atoms with van der Waals surface area (Å²) in [5.74, 6) is -0.0567. The van der Waals surface area contributed by atoms with Crippen LogP contribution in [0.3, 0.4) is 0 Å². The Labute approximate surface area is 107 Å². The lowest BCUT2D eigenvalue weighted by atomic mass is 9.99. The van der Waals surface area contributed by atoms with Gasteiger partial charge >= 0.3 is 0 Å². The Morgan fingerprint density at radius 1 is 1.44 bits per heavy atom.